The normalized spacial score (nSPS) is 28.7. The van der Waals surface area contributed by atoms with Crippen molar-refractivity contribution in [2.24, 2.45) is 23.7 Å². The summed E-state index contributed by atoms with van der Waals surface area (Å²) in [5, 5.41) is 0.582. The fourth-order valence-corrected chi connectivity index (χ4v) is 8.90. The van der Waals surface area contributed by atoms with Gasteiger partial charge in [-0.3, -0.25) is 18.9 Å². The quantitative estimate of drug-likeness (QED) is 0.108. The minimum atomic E-state index is -3.45. The Morgan fingerprint density at radius 2 is 1.63 bits per heavy atom. The van der Waals surface area contributed by atoms with Crippen molar-refractivity contribution < 1.29 is 47.2 Å². The maximum absolute atomic E-state index is 14.3. The van der Waals surface area contributed by atoms with Crippen molar-refractivity contribution in [1.29, 1.82) is 0 Å². The number of nitrogens with zero attached hydrogens (tertiary/aromatic N) is 1. The highest BCUT2D eigenvalue weighted by Gasteiger charge is 2.45. The Balaban J connectivity index is 1.19. The summed E-state index contributed by atoms with van der Waals surface area (Å²) < 4.78 is 48.2. The lowest BCUT2D eigenvalue weighted by Gasteiger charge is -2.41. The van der Waals surface area contributed by atoms with Gasteiger partial charge in [0.25, 0.3) is 7.37 Å². The lowest BCUT2D eigenvalue weighted by atomic mass is 9.68. The van der Waals surface area contributed by atoms with E-state index < -0.39 is 31.3 Å². The van der Waals surface area contributed by atoms with E-state index in [2.05, 4.69) is 0 Å². The molecule has 8 atom stereocenters. The van der Waals surface area contributed by atoms with Crippen molar-refractivity contribution in [3.05, 3.63) is 60.8 Å². The standard InChI is InChI=1S/C37H46NO10P/c1-4-38(3)15-13-29-31(37(41)46-23-27-21-44-27)18-25(24(2)17-36(40)45-22-26-20-43-26)19-33(29)47-35(39)14-16-49(42)34-12-8-6-10-30(34)28-9-5-7-11-32(28)48-49/h5-13,15,24-27,29,31,33H,4,14,16-23H2,1-3H3. The van der Waals surface area contributed by atoms with Gasteiger partial charge in [0.15, 0.2) is 0 Å². The second-order valence-corrected chi connectivity index (χ2v) is 16.0. The molecule has 0 radical (unpaired) electrons. The van der Waals surface area contributed by atoms with Crippen molar-refractivity contribution in [3.8, 4) is 16.9 Å². The van der Waals surface area contributed by atoms with Crippen LogP contribution in [0.1, 0.15) is 39.5 Å². The summed E-state index contributed by atoms with van der Waals surface area (Å²) in [7, 11) is -1.52. The summed E-state index contributed by atoms with van der Waals surface area (Å²) in [6.07, 6.45) is 3.91. The van der Waals surface area contributed by atoms with Crippen molar-refractivity contribution >= 4 is 30.6 Å². The first-order valence-electron chi connectivity index (χ1n) is 17.2. The molecule has 8 unspecified atom stereocenters. The van der Waals surface area contributed by atoms with Gasteiger partial charge in [-0.15, -0.1) is 0 Å². The van der Waals surface area contributed by atoms with Crippen LogP contribution in [0.5, 0.6) is 5.75 Å². The Bertz CT molecular complexity index is 1590. The zero-order valence-corrected chi connectivity index (χ0v) is 29.3. The molecule has 3 aliphatic heterocycles. The van der Waals surface area contributed by atoms with Crippen molar-refractivity contribution in [3.63, 3.8) is 0 Å². The molecule has 2 aromatic carbocycles. The number of hydrogen-bond acceptors (Lipinski definition) is 11. The van der Waals surface area contributed by atoms with Gasteiger partial charge in [-0.05, 0) is 55.5 Å². The predicted octanol–water partition coefficient (Wildman–Crippen LogP) is 4.97. The first-order chi connectivity index (χ1) is 23.6. The fraction of sp³-hybridized carbons (Fsp3) is 0.541. The van der Waals surface area contributed by atoms with Gasteiger partial charge in [0.1, 0.15) is 37.3 Å². The van der Waals surface area contributed by atoms with E-state index >= 15 is 0 Å². The van der Waals surface area contributed by atoms with Gasteiger partial charge < -0.3 is 33.1 Å². The molecule has 3 fully saturated rings. The third kappa shape index (κ3) is 8.93. The highest BCUT2D eigenvalue weighted by Crippen LogP contribution is 2.55. The van der Waals surface area contributed by atoms with Gasteiger partial charge in [0, 0.05) is 37.7 Å². The van der Waals surface area contributed by atoms with Crippen LogP contribution in [-0.2, 0) is 42.6 Å². The van der Waals surface area contributed by atoms with Gasteiger partial charge in [-0.2, -0.15) is 0 Å². The maximum atomic E-state index is 14.3. The molecule has 2 saturated heterocycles. The smallest absolute Gasteiger partial charge is 0.309 e. The van der Waals surface area contributed by atoms with E-state index in [9.17, 15) is 18.9 Å². The zero-order valence-electron chi connectivity index (χ0n) is 28.4. The molecule has 1 aliphatic carbocycles. The fourth-order valence-electron chi connectivity index (χ4n) is 6.64. The number of hydrogen-bond donors (Lipinski definition) is 0. The van der Waals surface area contributed by atoms with Gasteiger partial charge in [0.05, 0.1) is 30.9 Å². The number of esters is 3. The Labute approximate surface area is 287 Å². The molecule has 0 bridgehead atoms. The molecule has 0 N–H and O–H groups in total. The first-order valence-corrected chi connectivity index (χ1v) is 19.1. The summed E-state index contributed by atoms with van der Waals surface area (Å²) in [4.78, 5) is 41.9. The summed E-state index contributed by atoms with van der Waals surface area (Å²) in [5.74, 6) is -2.08. The molecular formula is C37H46NO10P. The van der Waals surface area contributed by atoms with E-state index in [4.69, 9.17) is 28.2 Å². The SMILES string of the molecule is CCN(C)C=CC1C(OC(=O)CCP2(=O)Oc3ccccc3-c3ccccc32)CC(C(C)CC(=O)OCC2CO2)CC1C(=O)OCC1CO1. The Morgan fingerprint density at radius 1 is 0.959 bits per heavy atom. The molecule has 264 valence electrons. The van der Waals surface area contributed by atoms with E-state index in [1.807, 2.05) is 74.5 Å². The summed E-state index contributed by atoms with van der Waals surface area (Å²) in [5.41, 5.74) is 1.69. The molecule has 0 amide bonds. The van der Waals surface area contributed by atoms with Crippen molar-refractivity contribution in [2.45, 2.75) is 57.8 Å². The minimum Gasteiger partial charge on any atom is -0.463 e. The van der Waals surface area contributed by atoms with E-state index in [0.717, 1.165) is 17.7 Å². The number of rotatable bonds is 15. The monoisotopic (exact) mass is 695 g/mol. The summed E-state index contributed by atoms with van der Waals surface area (Å²) >= 11 is 0. The van der Waals surface area contributed by atoms with Gasteiger partial charge >= 0.3 is 17.9 Å². The van der Waals surface area contributed by atoms with Crippen LogP contribution >= 0.6 is 7.37 Å². The molecule has 0 spiro atoms. The Kier molecular flexibility index (Phi) is 11.1. The van der Waals surface area contributed by atoms with Crippen LogP contribution in [0.15, 0.2) is 60.8 Å². The lowest BCUT2D eigenvalue weighted by Crippen LogP contribution is -2.44. The number of carbonyl (C=O) groups excluding carboxylic acids is 3. The summed E-state index contributed by atoms with van der Waals surface area (Å²) in [6, 6.07) is 14.9. The predicted molar refractivity (Wildman–Crippen MR) is 181 cm³/mol. The summed E-state index contributed by atoms with van der Waals surface area (Å²) in [6.45, 7) is 6.27. The average Bonchev–Trinajstić information content (AvgIpc) is 4.04. The van der Waals surface area contributed by atoms with E-state index in [-0.39, 0.29) is 68.2 Å². The molecule has 12 heteroatoms. The van der Waals surface area contributed by atoms with Crippen LogP contribution in [0, 0.1) is 23.7 Å². The van der Waals surface area contributed by atoms with E-state index in [1.54, 1.807) is 12.1 Å². The molecule has 0 aromatic heterocycles. The molecule has 6 rings (SSSR count). The molecule has 49 heavy (non-hydrogen) atoms. The molecule has 4 aliphatic rings. The topological polar surface area (TPSA) is 134 Å². The molecule has 3 heterocycles. The third-order valence-electron chi connectivity index (χ3n) is 9.88. The van der Waals surface area contributed by atoms with Crippen molar-refractivity contribution in [2.75, 3.05) is 46.2 Å². The van der Waals surface area contributed by atoms with E-state index in [0.29, 0.717) is 37.1 Å². The lowest BCUT2D eigenvalue weighted by molar-refractivity contribution is -0.165. The van der Waals surface area contributed by atoms with Crippen LogP contribution in [0.25, 0.3) is 11.1 Å². The Hall–Kier alpha value is -3.66. The van der Waals surface area contributed by atoms with Gasteiger partial charge in [-0.25, -0.2) is 0 Å². The van der Waals surface area contributed by atoms with Gasteiger partial charge in [-0.1, -0.05) is 49.4 Å². The second-order valence-electron chi connectivity index (χ2n) is 13.5. The van der Waals surface area contributed by atoms with Crippen LogP contribution in [-0.4, -0.2) is 87.3 Å². The number of benzene rings is 2. The number of para-hydroxylation sites is 1. The van der Waals surface area contributed by atoms with E-state index in [1.165, 1.54) is 0 Å². The second kappa shape index (κ2) is 15.5. The highest BCUT2D eigenvalue weighted by molar-refractivity contribution is 7.67. The van der Waals surface area contributed by atoms with Crippen LogP contribution in [0.4, 0.5) is 0 Å². The van der Waals surface area contributed by atoms with Crippen molar-refractivity contribution in [1.82, 2.24) is 4.90 Å². The number of epoxide rings is 2. The van der Waals surface area contributed by atoms with Gasteiger partial charge in [0.2, 0.25) is 0 Å². The number of carbonyl (C=O) groups is 3. The number of fused-ring (bicyclic) bond motifs is 3. The largest absolute Gasteiger partial charge is 0.463 e. The highest BCUT2D eigenvalue weighted by atomic mass is 31.2. The van der Waals surface area contributed by atoms with Crippen LogP contribution in [0.3, 0.4) is 0 Å². The van der Waals surface area contributed by atoms with Crippen LogP contribution < -0.4 is 9.83 Å². The molecule has 1 saturated carbocycles. The molecular weight excluding hydrogens is 649 g/mol. The zero-order chi connectivity index (χ0) is 34.5. The molecule has 2 aromatic rings. The first kappa shape index (κ1) is 35.2. The minimum absolute atomic E-state index is 0.0286. The Morgan fingerprint density at radius 3 is 2.35 bits per heavy atom. The third-order valence-corrected chi connectivity index (χ3v) is 12.3. The number of ether oxygens (including phenoxy) is 5. The molecule has 11 nitrogen and oxygen atoms in total. The average molecular weight is 696 g/mol. The van der Waals surface area contributed by atoms with Crippen LogP contribution in [0.2, 0.25) is 0 Å². The maximum Gasteiger partial charge on any atom is 0.309 e.